The lowest BCUT2D eigenvalue weighted by atomic mass is 9.74. The minimum absolute atomic E-state index is 0.146. The highest BCUT2D eigenvalue weighted by Crippen LogP contribution is 2.43. The quantitative estimate of drug-likeness (QED) is 0.773. The lowest BCUT2D eigenvalue weighted by molar-refractivity contribution is -0.153. The van der Waals surface area contributed by atoms with Crippen molar-refractivity contribution in [2.45, 2.75) is 49.7 Å². The predicted octanol–water partition coefficient (Wildman–Crippen LogP) is 3.91. The normalized spacial score (nSPS) is 25.7. The van der Waals surface area contributed by atoms with Gasteiger partial charge in [0, 0.05) is 18.7 Å². The predicted molar refractivity (Wildman–Crippen MR) is 72.2 cm³/mol. The van der Waals surface area contributed by atoms with Crippen LogP contribution < -0.4 is 4.74 Å². The molecule has 1 aromatic carbocycles. The van der Waals surface area contributed by atoms with Gasteiger partial charge in [-0.3, -0.25) is 0 Å². The van der Waals surface area contributed by atoms with Crippen molar-refractivity contribution < 1.29 is 9.47 Å². The van der Waals surface area contributed by atoms with Crippen LogP contribution in [0.3, 0.4) is 0 Å². The SMILES string of the molecule is ClCc1cccc(OC2CCOC3(CCC3)C2)c1. The van der Waals surface area contributed by atoms with Crippen LogP contribution in [0.2, 0.25) is 0 Å². The smallest absolute Gasteiger partial charge is 0.120 e. The first-order valence-corrected chi connectivity index (χ1v) is 7.29. The molecule has 3 heteroatoms. The zero-order valence-electron chi connectivity index (χ0n) is 10.5. The number of hydrogen-bond acceptors (Lipinski definition) is 2. The first-order valence-electron chi connectivity index (χ1n) is 6.75. The number of rotatable bonds is 3. The van der Waals surface area contributed by atoms with Gasteiger partial charge in [0.2, 0.25) is 0 Å². The molecule has 1 aliphatic carbocycles. The van der Waals surface area contributed by atoms with Crippen LogP contribution >= 0.6 is 11.6 Å². The Balaban J connectivity index is 1.64. The van der Waals surface area contributed by atoms with Crippen LogP contribution in [-0.4, -0.2) is 18.3 Å². The van der Waals surface area contributed by atoms with Crippen molar-refractivity contribution in [2.75, 3.05) is 6.61 Å². The average Bonchev–Trinajstić information content (AvgIpc) is 2.37. The Bertz CT molecular complexity index is 415. The van der Waals surface area contributed by atoms with Crippen LogP contribution in [0, 0.1) is 0 Å². The molecule has 2 fully saturated rings. The molecule has 1 heterocycles. The Morgan fingerprint density at radius 2 is 2.28 bits per heavy atom. The number of benzene rings is 1. The molecule has 0 aromatic heterocycles. The van der Waals surface area contributed by atoms with Gasteiger partial charge in [-0.05, 0) is 37.0 Å². The van der Waals surface area contributed by atoms with Crippen LogP contribution in [0.25, 0.3) is 0 Å². The summed E-state index contributed by atoms with van der Waals surface area (Å²) in [4.78, 5) is 0. The van der Waals surface area contributed by atoms with Gasteiger partial charge in [0.15, 0.2) is 0 Å². The second-order valence-electron chi connectivity index (χ2n) is 5.40. The highest BCUT2D eigenvalue weighted by molar-refractivity contribution is 6.17. The minimum atomic E-state index is 0.146. The first-order chi connectivity index (χ1) is 8.80. The maximum atomic E-state index is 6.09. The number of halogens is 1. The van der Waals surface area contributed by atoms with E-state index in [9.17, 15) is 0 Å². The molecule has 0 bridgehead atoms. The molecule has 2 nitrogen and oxygen atoms in total. The second kappa shape index (κ2) is 5.10. The van der Waals surface area contributed by atoms with Crippen LogP contribution in [0.1, 0.15) is 37.7 Å². The van der Waals surface area contributed by atoms with Crippen LogP contribution in [0.5, 0.6) is 5.75 Å². The fourth-order valence-corrected chi connectivity index (χ4v) is 3.06. The molecule has 1 saturated carbocycles. The second-order valence-corrected chi connectivity index (χ2v) is 5.67. The van der Waals surface area contributed by atoms with Crippen molar-refractivity contribution in [1.29, 1.82) is 0 Å². The molecule has 3 rings (SSSR count). The summed E-state index contributed by atoms with van der Waals surface area (Å²) in [5.41, 5.74) is 1.26. The van der Waals surface area contributed by atoms with E-state index >= 15 is 0 Å². The van der Waals surface area contributed by atoms with E-state index in [0.717, 1.165) is 30.8 Å². The third-order valence-electron chi connectivity index (χ3n) is 4.07. The van der Waals surface area contributed by atoms with E-state index in [0.29, 0.717) is 12.0 Å². The third-order valence-corrected chi connectivity index (χ3v) is 4.38. The summed E-state index contributed by atoms with van der Waals surface area (Å²) >= 11 is 5.84. The fraction of sp³-hybridized carbons (Fsp3) is 0.600. The van der Waals surface area contributed by atoms with Crippen molar-refractivity contribution in [3.8, 4) is 5.75 Å². The molecule has 1 atom stereocenters. The molecular formula is C15H19ClO2. The number of alkyl halides is 1. The van der Waals surface area contributed by atoms with E-state index in [-0.39, 0.29) is 5.60 Å². The molecule has 1 saturated heterocycles. The van der Waals surface area contributed by atoms with Gasteiger partial charge in [-0.2, -0.15) is 0 Å². The van der Waals surface area contributed by atoms with E-state index < -0.39 is 0 Å². The number of hydrogen-bond donors (Lipinski definition) is 0. The summed E-state index contributed by atoms with van der Waals surface area (Å²) in [5, 5.41) is 0. The van der Waals surface area contributed by atoms with Gasteiger partial charge < -0.3 is 9.47 Å². The van der Waals surface area contributed by atoms with Gasteiger partial charge in [-0.25, -0.2) is 0 Å². The van der Waals surface area contributed by atoms with E-state index in [1.807, 2.05) is 24.3 Å². The van der Waals surface area contributed by atoms with Crippen LogP contribution in [-0.2, 0) is 10.6 Å². The lowest BCUT2D eigenvalue weighted by Crippen LogP contribution is -2.48. The molecule has 1 aromatic rings. The fourth-order valence-electron chi connectivity index (χ4n) is 2.90. The summed E-state index contributed by atoms with van der Waals surface area (Å²) in [5.74, 6) is 1.48. The molecule has 0 amide bonds. The monoisotopic (exact) mass is 266 g/mol. The van der Waals surface area contributed by atoms with Crippen molar-refractivity contribution in [2.24, 2.45) is 0 Å². The third kappa shape index (κ3) is 2.50. The molecule has 2 aliphatic rings. The average molecular weight is 267 g/mol. The summed E-state index contributed by atoms with van der Waals surface area (Å²) in [6.07, 6.45) is 6.03. The molecule has 1 spiro atoms. The van der Waals surface area contributed by atoms with Gasteiger partial charge in [0.05, 0.1) is 12.2 Å². The Kier molecular flexibility index (Phi) is 3.49. The zero-order valence-corrected chi connectivity index (χ0v) is 11.3. The van der Waals surface area contributed by atoms with E-state index in [2.05, 4.69) is 0 Å². The summed E-state index contributed by atoms with van der Waals surface area (Å²) in [7, 11) is 0. The maximum Gasteiger partial charge on any atom is 0.120 e. The molecule has 1 unspecified atom stereocenters. The Morgan fingerprint density at radius 1 is 1.39 bits per heavy atom. The van der Waals surface area contributed by atoms with Crippen molar-refractivity contribution >= 4 is 11.6 Å². The van der Waals surface area contributed by atoms with Gasteiger partial charge in [-0.1, -0.05) is 12.1 Å². The highest BCUT2D eigenvalue weighted by Gasteiger charge is 2.43. The van der Waals surface area contributed by atoms with Gasteiger partial charge in [0.25, 0.3) is 0 Å². The molecule has 1 aliphatic heterocycles. The first kappa shape index (κ1) is 12.3. The Morgan fingerprint density at radius 3 is 3.00 bits per heavy atom. The van der Waals surface area contributed by atoms with Crippen LogP contribution in [0.15, 0.2) is 24.3 Å². The summed E-state index contributed by atoms with van der Waals surface area (Å²) in [6.45, 7) is 0.833. The largest absolute Gasteiger partial charge is 0.490 e. The molecular weight excluding hydrogens is 248 g/mol. The molecule has 0 N–H and O–H groups in total. The molecule has 18 heavy (non-hydrogen) atoms. The van der Waals surface area contributed by atoms with Gasteiger partial charge in [0.1, 0.15) is 11.9 Å². The van der Waals surface area contributed by atoms with E-state index in [1.165, 1.54) is 19.3 Å². The van der Waals surface area contributed by atoms with Gasteiger partial charge >= 0.3 is 0 Å². The summed E-state index contributed by atoms with van der Waals surface area (Å²) in [6, 6.07) is 8.08. The summed E-state index contributed by atoms with van der Waals surface area (Å²) < 4.78 is 12.0. The zero-order chi connectivity index (χ0) is 12.4. The van der Waals surface area contributed by atoms with Crippen molar-refractivity contribution in [1.82, 2.24) is 0 Å². The minimum Gasteiger partial charge on any atom is -0.490 e. The maximum absolute atomic E-state index is 6.09. The standard InChI is InChI=1S/C15H19ClO2/c16-11-12-3-1-4-13(9-12)18-14-5-8-17-15(10-14)6-2-7-15/h1,3-4,9,14H,2,5-8,10-11H2. The van der Waals surface area contributed by atoms with Crippen molar-refractivity contribution in [3.63, 3.8) is 0 Å². The number of ether oxygens (including phenoxy) is 2. The van der Waals surface area contributed by atoms with Gasteiger partial charge in [-0.15, -0.1) is 11.6 Å². The topological polar surface area (TPSA) is 18.5 Å². The van der Waals surface area contributed by atoms with E-state index in [4.69, 9.17) is 21.1 Å². The Labute approximate surface area is 113 Å². The Hall–Kier alpha value is -0.730. The highest BCUT2D eigenvalue weighted by atomic mass is 35.5. The lowest BCUT2D eigenvalue weighted by Gasteiger charge is -2.46. The molecule has 98 valence electrons. The molecule has 0 radical (unpaired) electrons. The van der Waals surface area contributed by atoms with Crippen LogP contribution in [0.4, 0.5) is 0 Å². The van der Waals surface area contributed by atoms with E-state index in [1.54, 1.807) is 0 Å². The van der Waals surface area contributed by atoms with Crippen molar-refractivity contribution in [3.05, 3.63) is 29.8 Å².